The molecule has 0 bridgehead atoms. The fourth-order valence-corrected chi connectivity index (χ4v) is 6.93. The van der Waals surface area contributed by atoms with Gasteiger partial charge in [0.15, 0.2) is 0 Å². The minimum absolute atomic E-state index is 0.0494. The number of piperazine rings is 1. The maximum atomic E-state index is 13.9. The van der Waals surface area contributed by atoms with Crippen molar-refractivity contribution >= 4 is 11.9 Å². The predicted molar refractivity (Wildman–Crippen MR) is 177 cm³/mol. The van der Waals surface area contributed by atoms with Crippen LogP contribution in [0.5, 0.6) is 5.75 Å². The van der Waals surface area contributed by atoms with Gasteiger partial charge in [-0.05, 0) is 87.2 Å². The molecule has 3 aromatic rings. The molecule has 8 nitrogen and oxygen atoms in total. The quantitative estimate of drug-likeness (QED) is 0.278. The molecule has 0 spiro atoms. The molecular weight excluding hydrogens is 564 g/mol. The van der Waals surface area contributed by atoms with E-state index in [0.29, 0.717) is 31.1 Å². The molecule has 0 aliphatic carbocycles. The molecule has 2 aliphatic rings. The van der Waals surface area contributed by atoms with Crippen molar-refractivity contribution < 1.29 is 19.8 Å². The van der Waals surface area contributed by atoms with Crippen molar-refractivity contribution in [1.82, 2.24) is 19.6 Å². The molecule has 2 aliphatic heterocycles. The van der Waals surface area contributed by atoms with Crippen molar-refractivity contribution in [3.05, 3.63) is 101 Å². The Bertz CT molecular complexity index is 1420. The number of amides is 1. The monoisotopic (exact) mass is 612 g/mol. The Kier molecular flexibility index (Phi) is 11.3. The van der Waals surface area contributed by atoms with Crippen LogP contribution in [-0.4, -0.2) is 99.6 Å². The van der Waals surface area contributed by atoms with Gasteiger partial charge in [0.05, 0.1) is 6.04 Å². The largest absolute Gasteiger partial charge is 0.508 e. The summed E-state index contributed by atoms with van der Waals surface area (Å²) >= 11 is 0. The molecule has 0 radical (unpaired) electrons. The zero-order valence-corrected chi connectivity index (χ0v) is 26.7. The van der Waals surface area contributed by atoms with E-state index in [1.54, 1.807) is 6.07 Å². The van der Waals surface area contributed by atoms with E-state index in [-0.39, 0.29) is 30.2 Å². The maximum absolute atomic E-state index is 13.9. The standard InChI is InChI=1S/C37H48N4O4/c1-28-26-41(29(2)25-40(28)27-30-11-4-3-5-12-30)36(32-14-9-16-34(42)24-32)31-13-8-15-33(23-31)37(45)39-20-10-19-38(21-22-39)18-7-6-17-35(43)44/h3-5,8-9,11-16,23-24,28-29,36,42H,6-7,10,17-22,25-27H2,1-2H3,(H,43,44)/t28-,29+,36?/m1/s1. The number of carbonyl (C=O) groups is 2. The van der Waals surface area contributed by atoms with Crippen molar-refractivity contribution in [3.8, 4) is 5.75 Å². The Morgan fingerprint density at radius 1 is 0.822 bits per heavy atom. The van der Waals surface area contributed by atoms with Crippen molar-refractivity contribution in [2.24, 2.45) is 0 Å². The van der Waals surface area contributed by atoms with Crippen LogP contribution in [0.4, 0.5) is 0 Å². The molecule has 3 atom stereocenters. The second-order valence-electron chi connectivity index (χ2n) is 12.8. The van der Waals surface area contributed by atoms with Crippen molar-refractivity contribution in [2.75, 3.05) is 45.8 Å². The van der Waals surface area contributed by atoms with E-state index >= 15 is 0 Å². The van der Waals surface area contributed by atoms with Crippen LogP contribution in [0, 0.1) is 0 Å². The van der Waals surface area contributed by atoms with Crippen LogP contribution in [0.25, 0.3) is 0 Å². The van der Waals surface area contributed by atoms with Crippen molar-refractivity contribution in [3.63, 3.8) is 0 Å². The molecule has 2 saturated heterocycles. The zero-order valence-electron chi connectivity index (χ0n) is 26.7. The van der Waals surface area contributed by atoms with Gasteiger partial charge in [-0.3, -0.25) is 19.4 Å². The van der Waals surface area contributed by atoms with Crippen LogP contribution in [0.15, 0.2) is 78.9 Å². The average Bonchev–Trinajstić information content (AvgIpc) is 3.28. The topological polar surface area (TPSA) is 87.6 Å². The van der Waals surface area contributed by atoms with Crippen molar-refractivity contribution in [1.29, 1.82) is 0 Å². The lowest BCUT2D eigenvalue weighted by atomic mass is 9.92. The van der Waals surface area contributed by atoms with E-state index in [0.717, 1.165) is 63.2 Å². The van der Waals surface area contributed by atoms with Gasteiger partial charge in [0.1, 0.15) is 5.75 Å². The molecule has 0 aromatic heterocycles. The SMILES string of the molecule is C[C@@H]1CN(C(c2cccc(O)c2)c2cccc(C(=O)N3CCCN(CCCCC(=O)O)CC3)c2)[C@@H](C)CN1Cc1ccccc1. The van der Waals surface area contributed by atoms with Crippen LogP contribution in [0.2, 0.25) is 0 Å². The molecule has 240 valence electrons. The summed E-state index contributed by atoms with van der Waals surface area (Å²) in [6.45, 7) is 11.2. The number of phenolic OH excluding ortho intramolecular Hbond substituents is 1. The van der Waals surface area contributed by atoms with Gasteiger partial charge in [0.2, 0.25) is 0 Å². The number of aliphatic carboxylic acids is 1. The average molecular weight is 613 g/mol. The van der Waals surface area contributed by atoms with Crippen LogP contribution >= 0.6 is 0 Å². The number of carboxylic acid groups (broad SMARTS) is 1. The molecule has 1 amide bonds. The first-order chi connectivity index (χ1) is 21.8. The van der Waals surface area contributed by atoms with Gasteiger partial charge in [-0.25, -0.2) is 0 Å². The summed E-state index contributed by atoms with van der Waals surface area (Å²) in [5.41, 5.74) is 4.08. The van der Waals surface area contributed by atoms with Gasteiger partial charge in [-0.15, -0.1) is 0 Å². The summed E-state index contributed by atoms with van der Waals surface area (Å²) in [7, 11) is 0. The highest BCUT2D eigenvalue weighted by Gasteiger charge is 2.35. The van der Waals surface area contributed by atoms with E-state index in [1.807, 2.05) is 29.2 Å². The second-order valence-corrected chi connectivity index (χ2v) is 12.8. The van der Waals surface area contributed by atoms with Crippen LogP contribution in [0.3, 0.4) is 0 Å². The summed E-state index contributed by atoms with van der Waals surface area (Å²) in [4.78, 5) is 34.1. The number of nitrogens with zero attached hydrogens (tertiary/aromatic N) is 4. The number of unbranched alkanes of at least 4 members (excludes halogenated alkanes) is 1. The molecule has 2 N–H and O–H groups in total. The highest BCUT2D eigenvalue weighted by molar-refractivity contribution is 5.94. The lowest BCUT2D eigenvalue weighted by Crippen LogP contribution is -2.56. The van der Waals surface area contributed by atoms with Gasteiger partial charge < -0.3 is 20.0 Å². The first kappa shape index (κ1) is 32.7. The number of hydrogen-bond acceptors (Lipinski definition) is 6. The Morgan fingerprint density at radius 3 is 2.33 bits per heavy atom. The highest BCUT2D eigenvalue weighted by atomic mass is 16.4. The van der Waals surface area contributed by atoms with Crippen LogP contribution in [0.1, 0.15) is 72.6 Å². The Balaban J connectivity index is 1.32. The van der Waals surface area contributed by atoms with E-state index in [2.05, 4.69) is 77.1 Å². The normalized spacial score (nSPS) is 20.9. The molecule has 8 heteroatoms. The van der Waals surface area contributed by atoms with Crippen molar-refractivity contribution in [2.45, 2.75) is 64.2 Å². The molecule has 2 heterocycles. The number of aromatic hydroxyl groups is 1. The zero-order chi connectivity index (χ0) is 31.8. The highest BCUT2D eigenvalue weighted by Crippen LogP contribution is 2.35. The third-order valence-electron chi connectivity index (χ3n) is 9.35. The number of carboxylic acids is 1. The summed E-state index contributed by atoms with van der Waals surface area (Å²) in [6, 6.07) is 26.7. The van der Waals surface area contributed by atoms with Gasteiger partial charge in [0.25, 0.3) is 5.91 Å². The summed E-state index contributed by atoms with van der Waals surface area (Å²) in [5, 5.41) is 19.4. The number of carbonyl (C=O) groups excluding carboxylic acids is 1. The predicted octanol–water partition coefficient (Wildman–Crippen LogP) is 5.48. The molecular formula is C37H48N4O4. The molecule has 3 aromatic carbocycles. The molecule has 5 rings (SSSR count). The van der Waals surface area contributed by atoms with E-state index in [9.17, 15) is 14.7 Å². The molecule has 1 unspecified atom stereocenters. The summed E-state index contributed by atoms with van der Waals surface area (Å²) < 4.78 is 0. The smallest absolute Gasteiger partial charge is 0.303 e. The first-order valence-electron chi connectivity index (χ1n) is 16.4. The van der Waals surface area contributed by atoms with E-state index in [1.165, 1.54) is 5.56 Å². The summed E-state index contributed by atoms with van der Waals surface area (Å²) in [5.74, 6) is -0.455. The number of benzene rings is 3. The fourth-order valence-electron chi connectivity index (χ4n) is 6.93. The third-order valence-corrected chi connectivity index (χ3v) is 9.35. The minimum Gasteiger partial charge on any atom is -0.508 e. The molecule has 0 saturated carbocycles. The summed E-state index contributed by atoms with van der Waals surface area (Å²) in [6.07, 6.45) is 2.65. The fraction of sp³-hybridized carbons (Fsp3) is 0.459. The van der Waals surface area contributed by atoms with Crippen LogP contribution < -0.4 is 0 Å². The number of hydrogen-bond donors (Lipinski definition) is 2. The van der Waals surface area contributed by atoms with Gasteiger partial charge in [-0.2, -0.15) is 0 Å². The van der Waals surface area contributed by atoms with E-state index < -0.39 is 5.97 Å². The third kappa shape index (κ3) is 8.72. The van der Waals surface area contributed by atoms with Crippen LogP contribution in [-0.2, 0) is 11.3 Å². The molecule has 2 fully saturated rings. The lowest BCUT2D eigenvalue weighted by Gasteiger charge is -2.47. The van der Waals surface area contributed by atoms with Gasteiger partial charge in [0, 0.05) is 63.3 Å². The Hall–Kier alpha value is -3.72. The van der Waals surface area contributed by atoms with E-state index in [4.69, 9.17) is 5.11 Å². The number of rotatable bonds is 11. The van der Waals surface area contributed by atoms with Gasteiger partial charge >= 0.3 is 5.97 Å². The Morgan fingerprint density at radius 2 is 1.58 bits per heavy atom. The molecule has 45 heavy (non-hydrogen) atoms. The maximum Gasteiger partial charge on any atom is 0.303 e. The lowest BCUT2D eigenvalue weighted by molar-refractivity contribution is -0.137. The first-order valence-corrected chi connectivity index (χ1v) is 16.4. The Labute approximate surface area is 267 Å². The minimum atomic E-state index is -0.745. The second kappa shape index (κ2) is 15.5. The number of phenols is 1. The van der Waals surface area contributed by atoms with Gasteiger partial charge in [-0.1, -0.05) is 54.6 Å².